The highest BCUT2D eigenvalue weighted by Crippen LogP contribution is 2.26. The maximum Gasteiger partial charge on any atom is 0.282 e. The molecule has 2 atom stereocenters. The van der Waals surface area contributed by atoms with Gasteiger partial charge in [-0.3, -0.25) is 0 Å². The third-order valence-corrected chi connectivity index (χ3v) is 6.75. The van der Waals surface area contributed by atoms with Crippen LogP contribution < -0.4 is 5.32 Å². The van der Waals surface area contributed by atoms with Gasteiger partial charge in [0.05, 0.1) is 0 Å². The summed E-state index contributed by atoms with van der Waals surface area (Å²) >= 11 is 0. The highest BCUT2D eigenvalue weighted by molar-refractivity contribution is 7.86. The molecule has 1 saturated heterocycles. The lowest BCUT2D eigenvalue weighted by molar-refractivity contribution is 0.190. The summed E-state index contributed by atoms with van der Waals surface area (Å²) in [4.78, 5) is 0. The zero-order valence-corrected chi connectivity index (χ0v) is 13.1. The molecular formula is C13H27N3O2S. The normalized spacial score (nSPS) is 31.8. The van der Waals surface area contributed by atoms with Gasteiger partial charge in [-0.2, -0.15) is 17.0 Å². The smallest absolute Gasteiger partial charge is 0.282 e. The van der Waals surface area contributed by atoms with Crippen molar-refractivity contribution in [2.75, 3.05) is 20.1 Å². The van der Waals surface area contributed by atoms with Gasteiger partial charge < -0.3 is 5.32 Å². The van der Waals surface area contributed by atoms with Crippen molar-refractivity contribution < 1.29 is 8.42 Å². The van der Waals surface area contributed by atoms with Crippen molar-refractivity contribution in [3.63, 3.8) is 0 Å². The maximum atomic E-state index is 12.8. The molecule has 1 aliphatic heterocycles. The molecule has 0 bridgehead atoms. The molecule has 1 N–H and O–H groups in total. The molecular weight excluding hydrogens is 262 g/mol. The maximum absolute atomic E-state index is 12.8. The molecule has 0 aromatic heterocycles. The zero-order chi connectivity index (χ0) is 14.0. The summed E-state index contributed by atoms with van der Waals surface area (Å²) in [5.41, 5.74) is 0. The summed E-state index contributed by atoms with van der Waals surface area (Å²) in [5.74, 6) is 0. The molecule has 0 aromatic rings. The van der Waals surface area contributed by atoms with Gasteiger partial charge in [-0.15, -0.1) is 0 Å². The van der Waals surface area contributed by atoms with E-state index in [1.807, 2.05) is 13.8 Å². The standard InChI is InChI=1S/C13H27N3O2S/c1-11-9-14-10-12(2)16(11)19(17,18)15(3)13-7-5-4-6-8-13/h11-14H,4-10H2,1-3H3. The SMILES string of the molecule is CC1CNCC(C)N1S(=O)(=O)N(C)C1CCCCC1. The van der Waals surface area contributed by atoms with E-state index in [-0.39, 0.29) is 18.1 Å². The Hall–Kier alpha value is -0.170. The van der Waals surface area contributed by atoms with Crippen LogP contribution in [0.15, 0.2) is 0 Å². The van der Waals surface area contributed by atoms with Crippen LogP contribution in [0.3, 0.4) is 0 Å². The first-order chi connectivity index (χ1) is 8.94. The van der Waals surface area contributed by atoms with Crippen LogP contribution in [0.5, 0.6) is 0 Å². The van der Waals surface area contributed by atoms with E-state index >= 15 is 0 Å². The molecule has 2 fully saturated rings. The Labute approximate surface area is 117 Å². The minimum absolute atomic E-state index is 0.0276. The lowest BCUT2D eigenvalue weighted by atomic mass is 9.96. The van der Waals surface area contributed by atoms with E-state index in [1.165, 1.54) is 6.42 Å². The van der Waals surface area contributed by atoms with E-state index in [0.29, 0.717) is 0 Å². The second-order valence-corrected chi connectivity index (χ2v) is 7.90. The molecule has 112 valence electrons. The van der Waals surface area contributed by atoms with Crippen LogP contribution in [0.25, 0.3) is 0 Å². The van der Waals surface area contributed by atoms with E-state index in [9.17, 15) is 8.42 Å². The van der Waals surface area contributed by atoms with E-state index in [1.54, 1.807) is 15.7 Å². The molecule has 5 nitrogen and oxygen atoms in total. The molecule has 6 heteroatoms. The fraction of sp³-hybridized carbons (Fsp3) is 1.00. The number of hydrogen-bond donors (Lipinski definition) is 1. The first-order valence-electron chi connectivity index (χ1n) is 7.42. The van der Waals surface area contributed by atoms with Gasteiger partial charge in [0.1, 0.15) is 0 Å². The summed E-state index contributed by atoms with van der Waals surface area (Å²) in [6.45, 7) is 5.44. The van der Waals surface area contributed by atoms with Crippen LogP contribution in [-0.4, -0.2) is 55.3 Å². The summed E-state index contributed by atoms with van der Waals surface area (Å²) in [6.07, 6.45) is 5.55. The van der Waals surface area contributed by atoms with Gasteiger partial charge in [-0.1, -0.05) is 19.3 Å². The van der Waals surface area contributed by atoms with Crippen molar-refractivity contribution in [2.24, 2.45) is 0 Å². The van der Waals surface area contributed by atoms with Crippen molar-refractivity contribution in [3.05, 3.63) is 0 Å². The third kappa shape index (κ3) is 3.12. The molecule has 1 heterocycles. The molecule has 2 aliphatic rings. The number of rotatable bonds is 3. The predicted octanol–water partition coefficient (Wildman–Crippen LogP) is 1.18. The lowest BCUT2D eigenvalue weighted by Crippen LogP contribution is -2.61. The number of nitrogens with one attached hydrogen (secondary N) is 1. The lowest BCUT2D eigenvalue weighted by Gasteiger charge is -2.42. The first-order valence-corrected chi connectivity index (χ1v) is 8.81. The third-order valence-electron chi connectivity index (χ3n) is 4.47. The van der Waals surface area contributed by atoms with Gasteiger partial charge in [0.25, 0.3) is 10.2 Å². The second-order valence-electron chi connectivity index (χ2n) is 6.00. The average molecular weight is 289 g/mol. The largest absolute Gasteiger partial charge is 0.314 e. The predicted molar refractivity (Wildman–Crippen MR) is 77.2 cm³/mol. The van der Waals surface area contributed by atoms with E-state index in [4.69, 9.17) is 0 Å². The molecule has 1 saturated carbocycles. The highest BCUT2D eigenvalue weighted by Gasteiger charge is 2.39. The van der Waals surface area contributed by atoms with Gasteiger partial charge in [-0.25, -0.2) is 0 Å². The summed E-state index contributed by atoms with van der Waals surface area (Å²) in [6, 6.07) is 0.243. The Morgan fingerprint density at radius 2 is 1.58 bits per heavy atom. The molecule has 1 aliphatic carbocycles. The summed E-state index contributed by atoms with van der Waals surface area (Å²) in [7, 11) is -1.58. The van der Waals surface area contributed by atoms with Gasteiger partial charge in [0, 0.05) is 38.3 Å². The first kappa shape index (κ1) is 15.2. The van der Waals surface area contributed by atoms with Crippen molar-refractivity contribution in [1.29, 1.82) is 0 Å². The van der Waals surface area contributed by atoms with Crippen molar-refractivity contribution in [2.45, 2.75) is 64.1 Å². The average Bonchev–Trinajstić information content (AvgIpc) is 2.38. The van der Waals surface area contributed by atoms with Crippen molar-refractivity contribution in [3.8, 4) is 0 Å². The number of nitrogens with zero attached hydrogens (tertiary/aromatic N) is 2. The zero-order valence-electron chi connectivity index (χ0n) is 12.3. The van der Waals surface area contributed by atoms with Gasteiger partial charge in [0.15, 0.2) is 0 Å². The molecule has 19 heavy (non-hydrogen) atoms. The van der Waals surface area contributed by atoms with E-state index < -0.39 is 10.2 Å². The van der Waals surface area contributed by atoms with Crippen LogP contribution in [-0.2, 0) is 10.2 Å². The number of piperazine rings is 1. The summed E-state index contributed by atoms with van der Waals surface area (Å²) in [5, 5.41) is 3.28. The van der Waals surface area contributed by atoms with E-state index in [2.05, 4.69) is 5.32 Å². The quantitative estimate of drug-likeness (QED) is 0.849. The van der Waals surface area contributed by atoms with Crippen molar-refractivity contribution in [1.82, 2.24) is 13.9 Å². The molecule has 0 aromatic carbocycles. The molecule has 2 rings (SSSR count). The van der Waals surface area contributed by atoms with E-state index in [0.717, 1.165) is 38.8 Å². The fourth-order valence-electron chi connectivity index (χ4n) is 3.35. The molecule has 0 spiro atoms. The Morgan fingerprint density at radius 3 is 2.11 bits per heavy atom. The van der Waals surface area contributed by atoms with Gasteiger partial charge in [-0.05, 0) is 26.7 Å². The fourth-order valence-corrected chi connectivity index (χ4v) is 5.30. The minimum atomic E-state index is -3.33. The summed E-state index contributed by atoms with van der Waals surface area (Å²) < 4.78 is 29.0. The molecule has 2 unspecified atom stereocenters. The van der Waals surface area contributed by atoms with Crippen LogP contribution in [0.1, 0.15) is 46.0 Å². The van der Waals surface area contributed by atoms with Gasteiger partial charge in [0.2, 0.25) is 0 Å². The second kappa shape index (κ2) is 6.08. The minimum Gasteiger partial charge on any atom is -0.314 e. The Bertz CT molecular complexity index is 383. The molecule has 0 radical (unpaired) electrons. The number of hydrogen-bond acceptors (Lipinski definition) is 3. The van der Waals surface area contributed by atoms with Crippen LogP contribution in [0, 0.1) is 0 Å². The topological polar surface area (TPSA) is 52.7 Å². The highest BCUT2D eigenvalue weighted by atomic mass is 32.2. The Kier molecular flexibility index (Phi) is 4.87. The van der Waals surface area contributed by atoms with Crippen LogP contribution >= 0.6 is 0 Å². The Morgan fingerprint density at radius 1 is 1.05 bits per heavy atom. The monoisotopic (exact) mass is 289 g/mol. The van der Waals surface area contributed by atoms with Gasteiger partial charge >= 0.3 is 0 Å². The van der Waals surface area contributed by atoms with Crippen LogP contribution in [0.2, 0.25) is 0 Å². The van der Waals surface area contributed by atoms with Crippen molar-refractivity contribution >= 4 is 10.2 Å². The Balaban J connectivity index is 2.15. The van der Waals surface area contributed by atoms with Crippen LogP contribution in [0.4, 0.5) is 0 Å². The molecule has 0 amide bonds.